The number of nitriles is 1. The summed E-state index contributed by atoms with van der Waals surface area (Å²) in [7, 11) is 0. The molecule has 0 N–H and O–H groups in total. The molecule has 0 atom stereocenters. The maximum absolute atomic E-state index is 8.80. The Bertz CT molecular complexity index is 322. The molecule has 0 fully saturated rings. The molecular formula is C9H12IN3. The summed E-state index contributed by atoms with van der Waals surface area (Å²) >= 11 is 2.22. The van der Waals surface area contributed by atoms with Crippen LogP contribution in [0.5, 0.6) is 0 Å². The molecule has 0 aliphatic rings. The second kappa shape index (κ2) is 4.09. The first-order valence-electron chi connectivity index (χ1n) is 4.13. The second-order valence-corrected chi connectivity index (χ2v) is 4.91. The van der Waals surface area contributed by atoms with Gasteiger partial charge in [0.2, 0.25) is 0 Å². The molecule has 0 unspecified atom stereocenters. The van der Waals surface area contributed by atoms with Gasteiger partial charge in [-0.15, -0.1) is 0 Å². The Morgan fingerprint density at radius 3 is 2.85 bits per heavy atom. The van der Waals surface area contributed by atoms with Crippen molar-refractivity contribution >= 4 is 22.6 Å². The number of halogens is 1. The lowest BCUT2D eigenvalue weighted by atomic mass is 9.92. The van der Waals surface area contributed by atoms with Crippen molar-refractivity contribution in [3.8, 4) is 6.07 Å². The summed E-state index contributed by atoms with van der Waals surface area (Å²) in [6.45, 7) is 4.70. The Morgan fingerprint density at radius 2 is 2.38 bits per heavy atom. The van der Waals surface area contributed by atoms with E-state index in [-0.39, 0.29) is 5.41 Å². The van der Waals surface area contributed by atoms with Crippen molar-refractivity contribution in [2.45, 2.75) is 26.8 Å². The lowest BCUT2D eigenvalue weighted by molar-refractivity contribution is 0.399. The Labute approximate surface area is 91.9 Å². The Morgan fingerprint density at radius 1 is 1.69 bits per heavy atom. The summed E-state index contributed by atoms with van der Waals surface area (Å²) in [6.07, 6.45) is 4.63. The molecule has 0 saturated carbocycles. The number of hydrogen-bond acceptors (Lipinski definition) is 2. The molecule has 0 radical (unpaired) electrons. The zero-order valence-electron chi connectivity index (χ0n) is 7.79. The van der Waals surface area contributed by atoms with Crippen molar-refractivity contribution in [1.29, 1.82) is 5.26 Å². The topological polar surface area (TPSA) is 41.6 Å². The van der Waals surface area contributed by atoms with Gasteiger partial charge in [-0.1, -0.05) is 0 Å². The second-order valence-electron chi connectivity index (χ2n) is 3.67. The van der Waals surface area contributed by atoms with E-state index >= 15 is 0 Å². The minimum atomic E-state index is -0.253. The molecule has 3 nitrogen and oxygen atoms in total. The van der Waals surface area contributed by atoms with Gasteiger partial charge in [0.15, 0.2) is 0 Å². The van der Waals surface area contributed by atoms with Crippen LogP contribution in [0.4, 0.5) is 0 Å². The minimum Gasteiger partial charge on any atom is -0.272 e. The summed E-state index contributed by atoms with van der Waals surface area (Å²) in [6, 6.07) is 2.28. The lowest BCUT2D eigenvalue weighted by Gasteiger charge is -2.14. The van der Waals surface area contributed by atoms with Crippen LogP contribution in [0.1, 0.15) is 20.3 Å². The van der Waals surface area contributed by atoms with Gasteiger partial charge in [-0.05, 0) is 42.9 Å². The van der Waals surface area contributed by atoms with Crippen LogP contribution in [0.25, 0.3) is 0 Å². The summed E-state index contributed by atoms with van der Waals surface area (Å²) in [5.74, 6) is 0. The van der Waals surface area contributed by atoms with Crippen LogP contribution in [0.2, 0.25) is 0 Å². The number of rotatable bonds is 3. The number of aryl methyl sites for hydroxylation is 1. The van der Waals surface area contributed by atoms with Gasteiger partial charge in [0, 0.05) is 12.7 Å². The average molecular weight is 289 g/mol. The van der Waals surface area contributed by atoms with Crippen LogP contribution < -0.4 is 0 Å². The van der Waals surface area contributed by atoms with Crippen LogP contribution in [0.3, 0.4) is 0 Å². The normalized spacial score (nSPS) is 11.2. The third-order valence-electron chi connectivity index (χ3n) is 1.87. The summed E-state index contributed by atoms with van der Waals surface area (Å²) in [5.41, 5.74) is -0.253. The van der Waals surface area contributed by atoms with E-state index in [4.69, 9.17) is 5.26 Å². The highest BCUT2D eigenvalue weighted by molar-refractivity contribution is 14.1. The fraction of sp³-hybridized carbons (Fsp3) is 0.556. The maximum atomic E-state index is 8.80. The third kappa shape index (κ3) is 3.35. The number of hydrogen-bond donors (Lipinski definition) is 0. The molecule has 0 aliphatic carbocycles. The van der Waals surface area contributed by atoms with Gasteiger partial charge in [0.25, 0.3) is 0 Å². The highest BCUT2D eigenvalue weighted by atomic mass is 127. The first-order chi connectivity index (χ1) is 6.03. The monoisotopic (exact) mass is 289 g/mol. The first kappa shape index (κ1) is 10.5. The molecule has 0 spiro atoms. The maximum Gasteiger partial charge on any atom is 0.0684 e. The van der Waals surface area contributed by atoms with Crippen molar-refractivity contribution in [2.75, 3.05) is 0 Å². The molecule has 13 heavy (non-hydrogen) atoms. The summed E-state index contributed by atoms with van der Waals surface area (Å²) in [4.78, 5) is 0. The van der Waals surface area contributed by atoms with Gasteiger partial charge >= 0.3 is 0 Å². The standard InChI is InChI=1S/C9H12IN3/c1-9(2,7-11)3-4-13-6-8(10)5-12-13/h5-6H,3-4H2,1-2H3. The van der Waals surface area contributed by atoms with Crippen LogP contribution in [0, 0.1) is 20.3 Å². The van der Waals surface area contributed by atoms with Crippen molar-refractivity contribution in [3.63, 3.8) is 0 Å². The molecule has 1 aromatic rings. The van der Waals surface area contributed by atoms with E-state index < -0.39 is 0 Å². The molecule has 0 bridgehead atoms. The van der Waals surface area contributed by atoms with Crippen molar-refractivity contribution in [1.82, 2.24) is 9.78 Å². The van der Waals surface area contributed by atoms with Gasteiger partial charge in [-0.2, -0.15) is 10.4 Å². The molecule has 0 aliphatic heterocycles. The zero-order valence-corrected chi connectivity index (χ0v) is 9.95. The molecule has 0 amide bonds. The van der Waals surface area contributed by atoms with Crippen LogP contribution in [-0.4, -0.2) is 9.78 Å². The molecule has 1 aromatic heterocycles. The van der Waals surface area contributed by atoms with Gasteiger partial charge < -0.3 is 0 Å². The fourth-order valence-corrected chi connectivity index (χ4v) is 1.36. The molecule has 0 saturated heterocycles. The predicted molar refractivity (Wildman–Crippen MR) is 59.0 cm³/mol. The lowest BCUT2D eigenvalue weighted by Crippen LogP contribution is -2.12. The molecule has 70 valence electrons. The minimum absolute atomic E-state index is 0.253. The van der Waals surface area contributed by atoms with Crippen molar-refractivity contribution in [3.05, 3.63) is 16.0 Å². The third-order valence-corrected chi connectivity index (χ3v) is 2.43. The van der Waals surface area contributed by atoms with E-state index in [1.165, 1.54) is 0 Å². The highest BCUT2D eigenvalue weighted by Gasteiger charge is 2.16. The zero-order chi connectivity index (χ0) is 9.90. The summed E-state index contributed by atoms with van der Waals surface area (Å²) in [5, 5.41) is 12.9. The highest BCUT2D eigenvalue weighted by Crippen LogP contribution is 2.19. The Balaban J connectivity index is 2.49. The molecule has 1 heterocycles. The van der Waals surface area contributed by atoms with Gasteiger partial charge in [-0.3, -0.25) is 4.68 Å². The summed E-state index contributed by atoms with van der Waals surface area (Å²) < 4.78 is 3.01. The Hall–Kier alpha value is -0.570. The van der Waals surface area contributed by atoms with Crippen LogP contribution >= 0.6 is 22.6 Å². The van der Waals surface area contributed by atoms with Gasteiger partial charge in [0.05, 0.1) is 21.3 Å². The quantitative estimate of drug-likeness (QED) is 0.802. The number of nitrogens with zero attached hydrogens (tertiary/aromatic N) is 3. The van der Waals surface area contributed by atoms with E-state index in [0.29, 0.717) is 0 Å². The molecular weight excluding hydrogens is 277 g/mol. The van der Waals surface area contributed by atoms with Crippen molar-refractivity contribution < 1.29 is 0 Å². The molecule has 1 rings (SSSR count). The Kier molecular flexibility index (Phi) is 3.31. The SMILES string of the molecule is CC(C)(C#N)CCn1cc(I)cn1. The van der Waals surface area contributed by atoms with Gasteiger partial charge in [0.1, 0.15) is 0 Å². The van der Waals surface area contributed by atoms with Crippen LogP contribution in [-0.2, 0) is 6.54 Å². The molecule has 0 aromatic carbocycles. The van der Waals surface area contributed by atoms with Crippen molar-refractivity contribution in [2.24, 2.45) is 5.41 Å². The number of aromatic nitrogens is 2. The van der Waals surface area contributed by atoms with Gasteiger partial charge in [-0.25, -0.2) is 0 Å². The van der Waals surface area contributed by atoms with E-state index in [1.807, 2.05) is 30.9 Å². The predicted octanol–water partition coefficient (Wildman–Crippen LogP) is 2.43. The average Bonchev–Trinajstić information content (AvgIpc) is 2.48. The van der Waals surface area contributed by atoms with E-state index in [0.717, 1.165) is 16.5 Å². The van der Waals surface area contributed by atoms with E-state index in [9.17, 15) is 0 Å². The van der Waals surface area contributed by atoms with E-state index in [1.54, 1.807) is 0 Å². The first-order valence-corrected chi connectivity index (χ1v) is 5.20. The van der Waals surface area contributed by atoms with Crippen LogP contribution in [0.15, 0.2) is 12.4 Å². The smallest absolute Gasteiger partial charge is 0.0684 e. The van der Waals surface area contributed by atoms with E-state index in [2.05, 4.69) is 33.8 Å². The molecule has 4 heteroatoms. The fourth-order valence-electron chi connectivity index (χ4n) is 0.911. The largest absolute Gasteiger partial charge is 0.272 e.